The zero-order valence-corrected chi connectivity index (χ0v) is 8.95. The Hall–Kier alpha value is -0.780. The Balaban J connectivity index is 2.50. The van der Waals surface area contributed by atoms with Crippen LogP contribution >= 0.6 is 11.3 Å². The van der Waals surface area contributed by atoms with E-state index in [1.54, 1.807) is 11.3 Å². The minimum absolute atomic E-state index is 0.159. The van der Waals surface area contributed by atoms with Crippen LogP contribution in [0.3, 0.4) is 0 Å². The molecule has 2 heteroatoms. The number of aryl methyl sites for hydroxylation is 1. The molecule has 13 heavy (non-hydrogen) atoms. The van der Waals surface area contributed by atoms with Crippen molar-refractivity contribution in [1.29, 1.82) is 0 Å². The first-order chi connectivity index (χ1) is 6.27. The lowest BCUT2D eigenvalue weighted by molar-refractivity contribution is 0.651. The van der Waals surface area contributed by atoms with Crippen LogP contribution in [0.2, 0.25) is 0 Å². The molecule has 1 aromatic heterocycles. The van der Waals surface area contributed by atoms with Crippen molar-refractivity contribution in [3.8, 4) is 12.3 Å². The Morgan fingerprint density at radius 1 is 1.69 bits per heavy atom. The van der Waals surface area contributed by atoms with Gasteiger partial charge in [0.1, 0.15) is 0 Å². The number of hydrogen-bond acceptors (Lipinski definition) is 2. The van der Waals surface area contributed by atoms with Gasteiger partial charge in [0.2, 0.25) is 0 Å². The molecule has 1 nitrogen and oxygen atoms in total. The molecular formula is C11H15NS. The highest BCUT2D eigenvalue weighted by molar-refractivity contribution is 7.10. The van der Waals surface area contributed by atoms with Gasteiger partial charge in [0.05, 0.1) is 6.04 Å². The Morgan fingerprint density at radius 2 is 2.46 bits per heavy atom. The van der Waals surface area contributed by atoms with Gasteiger partial charge in [0, 0.05) is 11.4 Å². The highest BCUT2D eigenvalue weighted by Gasteiger charge is 2.02. The lowest BCUT2D eigenvalue weighted by Gasteiger charge is -2.06. The van der Waals surface area contributed by atoms with Crippen molar-refractivity contribution in [2.45, 2.75) is 32.9 Å². The number of thiophene rings is 1. The predicted molar refractivity (Wildman–Crippen MR) is 58.8 cm³/mol. The summed E-state index contributed by atoms with van der Waals surface area (Å²) in [6, 6.07) is 2.34. The van der Waals surface area contributed by atoms with Crippen molar-refractivity contribution in [2.24, 2.45) is 0 Å². The van der Waals surface area contributed by atoms with E-state index in [9.17, 15) is 0 Å². The van der Waals surface area contributed by atoms with Crippen molar-refractivity contribution in [3.05, 3.63) is 21.9 Å². The Labute approximate surface area is 84.2 Å². The zero-order valence-electron chi connectivity index (χ0n) is 8.13. The van der Waals surface area contributed by atoms with Gasteiger partial charge in [-0.05, 0) is 30.4 Å². The Kier molecular flexibility index (Phi) is 4.01. The van der Waals surface area contributed by atoms with Crippen LogP contribution in [0.4, 0.5) is 0 Å². The first-order valence-corrected chi connectivity index (χ1v) is 5.40. The van der Waals surface area contributed by atoms with Crippen molar-refractivity contribution in [3.63, 3.8) is 0 Å². The Morgan fingerprint density at radius 3 is 3.08 bits per heavy atom. The molecule has 0 aliphatic heterocycles. The average Bonchev–Trinajstić information content (AvgIpc) is 2.61. The third-order valence-electron chi connectivity index (χ3n) is 2.04. The van der Waals surface area contributed by atoms with Gasteiger partial charge in [-0.1, -0.05) is 12.8 Å². The number of nitrogens with one attached hydrogen (secondary N) is 1. The smallest absolute Gasteiger partial charge is 0.0661 e. The summed E-state index contributed by atoms with van der Waals surface area (Å²) in [4.78, 5) is 1.41. The van der Waals surface area contributed by atoms with E-state index in [0.717, 1.165) is 13.0 Å². The van der Waals surface area contributed by atoms with E-state index in [0.29, 0.717) is 0 Å². The first-order valence-electron chi connectivity index (χ1n) is 4.52. The summed E-state index contributed by atoms with van der Waals surface area (Å²) < 4.78 is 0. The van der Waals surface area contributed by atoms with Crippen molar-refractivity contribution >= 4 is 11.3 Å². The van der Waals surface area contributed by atoms with Crippen molar-refractivity contribution in [1.82, 2.24) is 5.32 Å². The van der Waals surface area contributed by atoms with E-state index in [1.807, 2.05) is 6.92 Å². The van der Waals surface area contributed by atoms with Gasteiger partial charge in [-0.25, -0.2) is 0 Å². The number of rotatable bonds is 4. The van der Waals surface area contributed by atoms with Gasteiger partial charge in [-0.2, -0.15) is 0 Å². The van der Waals surface area contributed by atoms with Gasteiger partial charge in [0.15, 0.2) is 0 Å². The summed E-state index contributed by atoms with van der Waals surface area (Å²) in [6.45, 7) is 5.07. The van der Waals surface area contributed by atoms with Gasteiger partial charge >= 0.3 is 0 Å². The number of hydrogen-bond donors (Lipinski definition) is 1. The third-order valence-corrected chi connectivity index (χ3v) is 3.00. The normalized spacial score (nSPS) is 12.4. The molecule has 0 saturated carbocycles. The van der Waals surface area contributed by atoms with Gasteiger partial charge in [-0.15, -0.1) is 17.8 Å². The molecule has 0 aliphatic carbocycles. The fraction of sp³-hybridized carbons (Fsp3) is 0.455. The maximum atomic E-state index is 5.27. The summed E-state index contributed by atoms with van der Waals surface area (Å²) in [5.41, 5.74) is 1.43. The van der Waals surface area contributed by atoms with E-state index >= 15 is 0 Å². The average molecular weight is 193 g/mol. The lowest BCUT2D eigenvalue weighted by atomic mass is 10.2. The zero-order chi connectivity index (χ0) is 9.68. The SMILES string of the molecule is C#CC(C)NCc1sccc1CC. The van der Waals surface area contributed by atoms with Gasteiger partial charge in [-0.3, -0.25) is 5.32 Å². The summed E-state index contributed by atoms with van der Waals surface area (Å²) >= 11 is 1.80. The van der Waals surface area contributed by atoms with Crippen molar-refractivity contribution < 1.29 is 0 Å². The fourth-order valence-corrected chi connectivity index (χ4v) is 2.07. The molecule has 0 bridgehead atoms. The topological polar surface area (TPSA) is 12.0 Å². The van der Waals surface area contributed by atoms with Gasteiger partial charge in [0.25, 0.3) is 0 Å². The molecular weight excluding hydrogens is 178 g/mol. The summed E-state index contributed by atoms with van der Waals surface area (Å²) in [6.07, 6.45) is 6.38. The highest BCUT2D eigenvalue weighted by atomic mass is 32.1. The minimum atomic E-state index is 0.159. The minimum Gasteiger partial charge on any atom is -0.299 e. The number of terminal acetylenes is 1. The molecule has 0 spiro atoms. The fourth-order valence-electron chi connectivity index (χ4n) is 1.14. The monoisotopic (exact) mass is 193 g/mol. The van der Waals surface area contributed by atoms with Gasteiger partial charge < -0.3 is 0 Å². The second-order valence-electron chi connectivity index (χ2n) is 2.99. The van der Waals surface area contributed by atoms with E-state index in [-0.39, 0.29) is 6.04 Å². The van der Waals surface area contributed by atoms with E-state index < -0.39 is 0 Å². The molecule has 0 radical (unpaired) electrons. The van der Waals surface area contributed by atoms with Crippen LogP contribution in [0.5, 0.6) is 0 Å². The summed E-state index contributed by atoms with van der Waals surface area (Å²) in [7, 11) is 0. The molecule has 70 valence electrons. The van der Waals surface area contributed by atoms with Crippen LogP contribution < -0.4 is 5.32 Å². The largest absolute Gasteiger partial charge is 0.299 e. The first kappa shape index (κ1) is 10.3. The van der Waals surface area contributed by atoms with E-state index in [1.165, 1.54) is 10.4 Å². The maximum absolute atomic E-state index is 5.27. The van der Waals surface area contributed by atoms with Crippen LogP contribution in [0.1, 0.15) is 24.3 Å². The predicted octanol–water partition coefficient (Wildman–Crippen LogP) is 2.42. The standard InChI is InChI=1S/C11H15NS/c1-4-9(3)12-8-11-10(5-2)6-7-13-11/h1,6-7,9,12H,5,8H2,2-3H3. The maximum Gasteiger partial charge on any atom is 0.0661 e. The molecule has 0 saturated heterocycles. The molecule has 0 fully saturated rings. The third kappa shape index (κ3) is 2.87. The molecule has 0 amide bonds. The molecule has 1 rings (SSSR count). The second kappa shape index (κ2) is 5.06. The second-order valence-corrected chi connectivity index (χ2v) is 3.99. The summed E-state index contributed by atoms with van der Waals surface area (Å²) in [5.74, 6) is 2.66. The molecule has 1 heterocycles. The van der Waals surface area contributed by atoms with E-state index in [4.69, 9.17) is 6.42 Å². The summed E-state index contributed by atoms with van der Waals surface area (Å²) in [5, 5.41) is 5.42. The van der Waals surface area contributed by atoms with Crippen LogP contribution in [-0.4, -0.2) is 6.04 Å². The molecule has 1 unspecified atom stereocenters. The van der Waals surface area contributed by atoms with Crippen LogP contribution in [0.15, 0.2) is 11.4 Å². The molecule has 0 aliphatic rings. The molecule has 0 aromatic carbocycles. The lowest BCUT2D eigenvalue weighted by Crippen LogP contribution is -2.23. The van der Waals surface area contributed by atoms with Crippen LogP contribution in [0.25, 0.3) is 0 Å². The van der Waals surface area contributed by atoms with E-state index in [2.05, 4.69) is 29.6 Å². The van der Waals surface area contributed by atoms with Crippen LogP contribution in [-0.2, 0) is 13.0 Å². The molecule has 1 aromatic rings. The molecule has 1 N–H and O–H groups in total. The highest BCUT2D eigenvalue weighted by Crippen LogP contribution is 2.16. The molecule has 1 atom stereocenters. The van der Waals surface area contributed by atoms with Crippen LogP contribution in [0, 0.1) is 12.3 Å². The quantitative estimate of drug-likeness (QED) is 0.724. The Bertz CT molecular complexity index is 295. The van der Waals surface area contributed by atoms with Crippen molar-refractivity contribution in [2.75, 3.05) is 0 Å².